The Morgan fingerprint density at radius 1 is 1.21 bits per heavy atom. The van der Waals surface area contributed by atoms with Crippen LogP contribution in [0.2, 0.25) is 0 Å². The first kappa shape index (κ1) is 19.6. The van der Waals surface area contributed by atoms with Crippen LogP contribution in [0.3, 0.4) is 0 Å². The van der Waals surface area contributed by atoms with Crippen molar-refractivity contribution in [2.45, 2.75) is 19.9 Å². The number of ether oxygens (including phenoxy) is 1. The minimum Gasteiger partial charge on any atom is -0.379 e. The van der Waals surface area contributed by atoms with E-state index in [2.05, 4.69) is 21.3 Å². The summed E-state index contributed by atoms with van der Waals surface area (Å²) in [5.74, 6) is -0.190. The van der Waals surface area contributed by atoms with Gasteiger partial charge in [0.05, 0.1) is 18.9 Å². The SMILES string of the molecule is Cc1c(-c2ccccc2F)[nH]c2ccc(CNC(=O)CCN3CCOCC3)cc12. The Bertz CT molecular complexity index is 1010. The van der Waals surface area contributed by atoms with E-state index in [-0.39, 0.29) is 11.7 Å². The van der Waals surface area contributed by atoms with E-state index in [9.17, 15) is 9.18 Å². The molecule has 1 aromatic heterocycles. The molecule has 2 N–H and O–H groups in total. The van der Waals surface area contributed by atoms with E-state index in [1.165, 1.54) is 6.07 Å². The van der Waals surface area contributed by atoms with Crippen molar-refractivity contribution in [2.24, 2.45) is 0 Å². The number of carbonyl (C=O) groups excluding carboxylic acids is 1. The fraction of sp³-hybridized carbons (Fsp3) is 0.348. The van der Waals surface area contributed by atoms with Crippen LogP contribution in [0.15, 0.2) is 42.5 Å². The number of halogens is 1. The van der Waals surface area contributed by atoms with Crippen molar-refractivity contribution in [1.29, 1.82) is 0 Å². The molecular weight excluding hydrogens is 369 g/mol. The Labute approximate surface area is 169 Å². The van der Waals surface area contributed by atoms with Gasteiger partial charge in [0, 0.05) is 49.1 Å². The molecule has 0 atom stereocenters. The smallest absolute Gasteiger partial charge is 0.221 e. The zero-order chi connectivity index (χ0) is 20.2. The summed E-state index contributed by atoms with van der Waals surface area (Å²) >= 11 is 0. The summed E-state index contributed by atoms with van der Waals surface area (Å²) in [6.45, 7) is 6.50. The largest absolute Gasteiger partial charge is 0.379 e. The van der Waals surface area contributed by atoms with Gasteiger partial charge < -0.3 is 15.0 Å². The first-order chi connectivity index (χ1) is 14.1. The third-order valence-corrected chi connectivity index (χ3v) is 5.51. The Kier molecular flexibility index (Phi) is 5.92. The molecule has 2 heterocycles. The molecule has 4 rings (SSSR count). The van der Waals surface area contributed by atoms with Gasteiger partial charge >= 0.3 is 0 Å². The summed E-state index contributed by atoms with van der Waals surface area (Å²) < 4.78 is 19.5. The molecule has 0 spiro atoms. The highest BCUT2D eigenvalue weighted by molar-refractivity contribution is 5.91. The highest BCUT2D eigenvalue weighted by Gasteiger charge is 2.14. The lowest BCUT2D eigenvalue weighted by Gasteiger charge is -2.26. The van der Waals surface area contributed by atoms with Crippen LogP contribution in [-0.2, 0) is 16.1 Å². The van der Waals surface area contributed by atoms with Gasteiger partial charge in [-0.25, -0.2) is 4.39 Å². The third kappa shape index (κ3) is 4.49. The number of hydrogen-bond acceptors (Lipinski definition) is 3. The number of aryl methyl sites for hydroxylation is 1. The number of benzene rings is 2. The zero-order valence-electron chi connectivity index (χ0n) is 16.6. The number of carbonyl (C=O) groups is 1. The lowest BCUT2D eigenvalue weighted by Crippen LogP contribution is -2.38. The zero-order valence-corrected chi connectivity index (χ0v) is 16.6. The number of amides is 1. The van der Waals surface area contributed by atoms with Crippen molar-refractivity contribution in [3.8, 4) is 11.3 Å². The van der Waals surface area contributed by atoms with Gasteiger partial charge in [-0.3, -0.25) is 9.69 Å². The van der Waals surface area contributed by atoms with Crippen LogP contribution in [-0.4, -0.2) is 48.6 Å². The average molecular weight is 395 g/mol. The standard InChI is InChI=1S/C23H26FN3O2/c1-16-19-14-17(15-25-22(28)8-9-27-10-12-29-13-11-27)6-7-21(19)26-23(16)18-4-2-3-5-20(18)24/h2-7,14,26H,8-13,15H2,1H3,(H,25,28). The molecule has 1 amide bonds. The number of rotatable bonds is 6. The highest BCUT2D eigenvalue weighted by Crippen LogP contribution is 2.31. The quantitative estimate of drug-likeness (QED) is 0.670. The van der Waals surface area contributed by atoms with Crippen molar-refractivity contribution in [3.05, 3.63) is 59.4 Å². The Morgan fingerprint density at radius 2 is 2.00 bits per heavy atom. The molecule has 3 aromatic rings. The fourth-order valence-electron chi connectivity index (χ4n) is 3.79. The number of fused-ring (bicyclic) bond motifs is 1. The molecule has 0 bridgehead atoms. The van der Waals surface area contributed by atoms with Crippen molar-refractivity contribution >= 4 is 16.8 Å². The molecule has 0 unspecified atom stereocenters. The number of aromatic amines is 1. The average Bonchev–Trinajstić information content (AvgIpc) is 3.07. The van der Waals surface area contributed by atoms with Gasteiger partial charge in [-0.15, -0.1) is 0 Å². The van der Waals surface area contributed by atoms with Crippen molar-refractivity contribution in [2.75, 3.05) is 32.8 Å². The number of hydrogen-bond donors (Lipinski definition) is 2. The first-order valence-electron chi connectivity index (χ1n) is 10.0. The number of nitrogens with one attached hydrogen (secondary N) is 2. The number of H-pyrrole nitrogens is 1. The molecule has 0 radical (unpaired) electrons. The van der Waals surface area contributed by atoms with Crippen LogP contribution in [0.25, 0.3) is 22.2 Å². The van der Waals surface area contributed by atoms with Crippen LogP contribution in [0.4, 0.5) is 4.39 Å². The van der Waals surface area contributed by atoms with Crippen LogP contribution < -0.4 is 5.32 Å². The lowest BCUT2D eigenvalue weighted by atomic mass is 10.0. The van der Waals surface area contributed by atoms with Gasteiger partial charge in [-0.1, -0.05) is 18.2 Å². The first-order valence-corrected chi connectivity index (χ1v) is 10.0. The topological polar surface area (TPSA) is 57.4 Å². The predicted molar refractivity (Wildman–Crippen MR) is 112 cm³/mol. The van der Waals surface area contributed by atoms with Crippen LogP contribution in [0.1, 0.15) is 17.5 Å². The maximum Gasteiger partial charge on any atom is 0.221 e. The van der Waals surface area contributed by atoms with Gasteiger partial charge in [0.2, 0.25) is 5.91 Å². The lowest BCUT2D eigenvalue weighted by molar-refractivity contribution is -0.121. The van der Waals surface area contributed by atoms with E-state index in [0.29, 0.717) is 18.5 Å². The molecule has 1 aliphatic heterocycles. The highest BCUT2D eigenvalue weighted by atomic mass is 19.1. The normalized spacial score (nSPS) is 15.0. The second-order valence-corrected chi connectivity index (χ2v) is 7.47. The molecule has 1 fully saturated rings. The maximum absolute atomic E-state index is 14.2. The van der Waals surface area contributed by atoms with Crippen molar-refractivity contribution < 1.29 is 13.9 Å². The van der Waals surface area contributed by atoms with Gasteiger partial charge in [0.1, 0.15) is 5.82 Å². The third-order valence-electron chi connectivity index (χ3n) is 5.51. The predicted octanol–water partition coefficient (Wildman–Crippen LogP) is 3.62. The van der Waals surface area contributed by atoms with Crippen LogP contribution in [0, 0.1) is 12.7 Å². The summed E-state index contributed by atoms with van der Waals surface area (Å²) in [4.78, 5) is 17.8. The van der Waals surface area contributed by atoms with Gasteiger partial charge in [0.15, 0.2) is 0 Å². The van der Waals surface area contributed by atoms with E-state index >= 15 is 0 Å². The number of aromatic nitrogens is 1. The molecule has 152 valence electrons. The Morgan fingerprint density at radius 3 is 2.79 bits per heavy atom. The Hall–Kier alpha value is -2.70. The minimum atomic E-state index is -0.241. The number of nitrogens with zero attached hydrogens (tertiary/aromatic N) is 1. The molecule has 1 saturated heterocycles. The molecule has 2 aromatic carbocycles. The summed E-state index contributed by atoms with van der Waals surface area (Å²) in [5.41, 5.74) is 4.36. The van der Waals surface area contributed by atoms with E-state index in [4.69, 9.17) is 4.74 Å². The second-order valence-electron chi connectivity index (χ2n) is 7.47. The van der Waals surface area contributed by atoms with E-state index in [1.54, 1.807) is 12.1 Å². The second kappa shape index (κ2) is 8.76. The van der Waals surface area contributed by atoms with Crippen molar-refractivity contribution in [1.82, 2.24) is 15.2 Å². The van der Waals surface area contributed by atoms with Crippen LogP contribution >= 0.6 is 0 Å². The summed E-state index contributed by atoms with van der Waals surface area (Å²) in [7, 11) is 0. The van der Waals surface area contributed by atoms with E-state index in [0.717, 1.165) is 60.6 Å². The minimum absolute atomic E-state index is 0.0504. The van der Waals surface area contributed by atoms with E-state index < -0.39 is 0 Å². The molecule has 0 saturated carbocycles. The molecular formula is C23H26FN3O2. The fourth-order valence-corrected chi connectivity index (χ4v) is 3.79. The molecule has 0 aliphatic carbocycles. The van der Waals surface area contributed by atoms with E-state index in [1.807, 2.05) is 25.1 Å². The van der Waals surface area contributed by atoms with Gasteiger partial charge in [0.25, 0.3) is 0 Å². The maximum atomic E-state index is 14.2. The molecule has 6 heteroatoms. The summed E-state index contributed by atoms with van der Waals surface area (Å²) in [6.07, 6.45) is 0.489. The molecule has 5 nitrogen and oxygen atoms in total. The van der Waals surface area contributed by atoms with Crippen LogP contribution in [0.5, 0.6) is 0 Å². The van der Waals surface area contributed by atoms with Gasteiger partial charge in [-0.2, -0.15) is 0 Å². The monoisotopic (exact) mass is 395 g/mol. The summed E-state index contributed by atoms with van der Waals surface area (Å²) in [6, 6.07) is 12.8. The summed E-state index contributed by atoms with van der Waals surface area (Å²) in [5, 5.41) is 4.05. The Balaban J connectivity index is 1.41. The van der Waals surface area contributed by atoms with Gasteiger partial charge in [-0.05, 0) is 42.3 Å². The number of morpholine rings is 1. The molecule has 1 aliphatic rings. The molecule has 29 heavy (non-hydrogen) atoms. The van der Waals surface area contributed by atoms with Crippen molar-refractivity contribution in [3.63, 3.8) is 0 Å².